The lowest BCUT2D eigenvalue weighted by molar-refractivity contribution is 0.0684. The van der Waals surface area contributed by atoms with E-state index >= 15 is 0 Å². The maximum Gasteiger partial charge on any atom is 0.199 e. The van der Waals surface area contributed by atoms with Crippen molar-refractivity contribution in [3.8, 4) is 0 Å². The van der Waals surface area contributed by atoms with E-state index in [1.54, 1.807) is 12.1 Å². The maximum absolute atomic E-state index is 13.6. The minimum absolute atomic E-state index is 0.308. The Morgan fingerprint density at radius 3 is 2.85 bits per heavy atom. The number of rotatable bonds is 0. The minimum Gasteiger partial charge on any atom is -0.291 e. The van der Waals surface area contributed by atoms with Crippen LogP contribution in [0.5, 0.6) is 0 Å². The summed E-state index contributed by atoms with van der Waals surface area (Å²) >= 11 is 0. The molecule has 1 aromatic carbocycles. The number of hydrogen-bond acceptors (Lipinski definition) is 1. The normalized spacial score (nSPS) is 27.1. The molecule has 0 saturated heterocycles. The quantitative estimate of drug-likeness (QED) is 0.596. The zero-order valence-electron chi connectivity index (χ0n) is 7.51. The van der Waals surface area contributed by atoms with Gasteiger partial charge in [0.1, 0.15) is 0 Å². The summed E-state index contributed by atoms with van der Waals surface area (Å²) in [6.45, 7) is 1.37. The molecule has 13 heavy (non-hydrogen) atoms. The van der Waals surface area contributed by atoms with Crippen molar-refractivity contribution in [1.82, 2.24) is 0 Å². The molecule has 0 amide bonds. The van der Waals surface area contributed by atoms with Gasteiger partial charge in [-0.2, -0.15) is 0 Å². The first-order chi connectivity index (χ1) is 6.11. The second kappa shape index (κ2) is 2.66. The summed E-state index contributed by atoms with van der Waals surface area (Å²) in [6.07, 6.45) is 0.970. The van der Waals surface area contributed by atoms with Crippen molar-refractivity contribution in [2.75, 3.05) is 0 Å². The van der Waals surface area contributed by atoms with Gasteiger partial charge in [0.25, 0.3) is 0 Å². The molecule has 0 aromatic heterocycles. The molecule has 1 aliphatic rings. The van der Waals surface area contributed by atoms with Crippen LogP contribution in [0.25, 0.3) is 0 Å². The van der Waals surface area contributed by atoms with E-state index in [2.05, 4.69) is 0 Å². The number of fused-ring (bicyclic) bond motifs is 1. The van der Waals surface area contributed by atoms with Crippen LogP contribution in [0.4, 0.5) is 4.39 Å². The van der Waals surface area contributed by atoms with Crippen LogP contribution in [0.15, 0.2) is 24.3 Å². The summed E-state index contributed by atoms with van der Waals surface area (Å²) in [5, 5.41) is 0. The van der Waals surface area contributed by atoms with Gasteiger partial charge in [-0.05, 0) is 25.3 Å². The molecular weight excluding hydrogens is 167 g/mol. The van der Waals surface area contributed by atoms with E-state index < -0.39 is 5.67 Å². The molecule has 1 aliphatic carbocycles. The monoisotopic (exact) mass is 178 g/mol. The molecule has 0 bridgehead atoms. The van der Waals surface area contributed by atoms with E-state index in [-0.39, 0.29) is 5.78 Å². The average molecular weight is 178 g/mol. The molecule has 68 valence electrons. The van der Waals surface area contributed by atoms with E-state index in [1.807, 2.05) is 12.1 Å². The van der Waals surface area contributed by atoms with Crippen LogP contribution in [0, 0.1) is 0 Å². The molecule has 1 nitrogen and oxygen atoms in total. The topological polar surface area (TPSA) is 17.1 Å². The zero-order valence-corrected chi connectivity index (χ0v) is 7.51. The number of Topliss-reactive ketones (excluding diaryl/α,β-unsaturated/α-hetero) is 1. The molecule has 1 atom stereocenters. The Kier molecular flexibility index (Phi) is 1.72. The van der Waals surface area contributed by atoms with Gasteiger partial charge in [0.05, 0.1) is 0 Å². The molecule has 0 aliphatic heterocycles. The SMILES string of the molecule is C[C@@]1(F)CCc2ccccc2C1=O. The molecule has 0 fully saturated rings. The van der Waals surface area contributed by atoms with Crippen molar-refractivity contribution in [1.29, 1.82) is 0 Å². The molecule has 1 aromatic rings. The zero-order chi connectivity index (χ0) is 9.47. The van der Waals surface area contributed by atoms with Crippen molar-refractivity contribution in [3.05, 3.63) is 35.4 Å². The molecule has 0 N–H and O–H groups in total. The van der Waals surface area contributed by atoms with Gasteiger partial charge in [-0.15, -0.1) is 0 Å². The fourth-order valence-electron chi connectivity index (χ4n) is 1.72. The average Bonchev–Trinajstić information content (AvgIpc) is 2.13. The Balaban J connectivity index is 2.52. The van der Waals surface area contributed by atoms with Gasteiger partial charge in [0, 0.05) is 5.56 Å². The minimum atomic E-state index is -1.66. The largest absolute Gasteiger partial charge is 0.291 e. The van der Waals surface area contributed by atoms with E-state index in [0.717, 1.165) is 5.56 Å². The van der Waals surface area contributed by atoms with Gasteiger partial charge in [0.2, 0.25) is 0 Å². The molecule has 0 radical (unpaired) electrons. The highest BCUT2D eigenvalue weighted by molar-refractivity contribution is 6.04. The number of carbonyl (C=O) groups is 1. The Bertz CT molecular complexity index is 355. The van der Waals surface area contributed by atoms with Crippen molar-refractivity contribution in [3.63, 3.8) is 0 Å². The number of alkyl halides is 1. The third-order valence-corrected chi connectivity index (χ3v) is 2.60. The first-order valence-electron chi connectivity index (χ1n) is 4.43. The summed E-state index contributed by atoms with van der Waals surface area (Å²) in [4.78, 5) is 11.6. The van der Waals surface area contributed by atoms with Gasteiger partial charge < -0.3 is 0 Å². The Morgan fingerprint density at radius 1 is 1.38 bits per heavy atom. The standard InChI is InChI=1S/C11H11FO/c1-11(12)7-6-8-4-2-3-5-9(8)10(11)13/h2-5H,6-7H2,1H3/t11-/m1/s1. The van der Waals surface area contributed by atoms with Gasteiger partial charge in [-0.1, -0.05) is 24.3 Å². The van der Waals surface area contributed by atoms with Crippen molar-refractivity contribution in [2.45, 2.75) is 25.4 Å². The predicted molar refractivity (Wildman–Crippen MR) is 48.6 cm³/mol. The van der Waals surface area contributed by atoms with Gasteiger partial charge in [-0.25, -0.2) is 4.39 Å². The lowest BCUT2D eigenvalue weighted by Crippen LogP contribution is -2.35. The predicted octanol–water partition coefficient (Wildman–Crippen LogP) is 2.54. The lowest BCUT2D eigenvalue weighted by Gasteiger charge is -2.25. The van der Waals surface area contributed by atoms with Gasteiger partial charge in [-0.3, -0.25) is 4.79 Å². The first-order valence-corrected chi connectivity index (χ1v) is 4.43. The van der Waals surface area contributed by atoms with Crippen LogP contribution in [-0.2, 0) is 6.42 Å². The van der Waals surface area contributed by atoms with Crippen LogP contribution in [0.2, 0.25) is 0 Å². The summed E-state index contributed by atoms with van der Waals surface area (Å²) in [5.74, 6) is -0.366. The highest BCUT2D eigenvalue weighted by atomic mass is 19.1. The smallest absolute Gasteiger partial charge is 0.199 e. The number of halogens is 1. The van der Waals surface area contributed by atoms with E-state index in [0.29, 0.717) is 18.4 Å². The first kappa shape index (κ1) is 8.42. The second-order valence-corrected chi connectivity index (χ2v) is 3.68. The highest BCUT2D eigenvalue weighted by Gasteiger charge is 2.37. The summed E-state index contributed by atoms with van der Waals surface area (Å²) < 4.78 is 13.6. The van der Waals surface area contributed by atoms with E-state index in [9.17, 15) is 9.18 Å². The molecule has 0 spiro atoms. The van der Waals surface area contributed by atoms with Crippen LogP contribution >= 0.6 is 0 Å². The fourth-order valence-corrected chi connectivity index (χ4v) is 1.72. The molecular formula is C11H11FO. The summed E-state index contributed by atoms with van der Waals surface area (Å²) in [5.41, 5.74) is -0.129. The third-order valence-electron chi connectivity index (χ3n) is 2.60. The Labute approximate surface area is 76.6 Å². The van der Waals surface area contributed by atoms with Crippen LogP contribution < -0.4 is 0 Å². The molecule has 0 saturated carbocycles. The van der Waals surface area contributed by atoms with E-state index in [4.69, 9.17) is 0 Å². The van der Waals surface area contributed by atoms with Gasteiger partial charge >= 0.3 is 0 Å². The molecule has 2 rings (SSSR count). The number of benzene rings is 1. The molecule has 2 heteroatoms. The second-order valence-electron chi connectivity index (χ2n) is 3.68. The lowest BCUT2D eigenvalue weighted by atomic mass is 9.82. The Hall–Kier alpha value is -1.18. The Morgan fingerprint density at radius 2 is 2.08 bits per heavy atom. The molecule has 0 heterocycles. The van der Waals surface area contributed by atoms with Crippen molar-refractivity contribution >= 4 is 5.78 Å². The number of hydrogen-bond donors (Lipinski definition) is 0. The third kappa shape index (κ3) is 1.26. The van der Waals surface area contributed by atoms with Crippen molar-refractivity contribution in [2.24, 2.45) is 0 Å². The number of aryl methyl sites for hydroxylation is 1. The van der Waals surface area contributed by atoms with Gasteiger partial charge in [0.15, 0.2) is 11.5 Å². The van der Waals surface area contributed by atoms with Crippen LogP contribution in [-0.4, -0.2) is 11.5 Å². The summed E-state index contributed by atoms with van der Waals surface area (Å²) in [7, 11) is 0. The van der Waals surface area contributed by atoms with Crippen LogP contribution in [0.1, 0.15) is 29.3 Å². The van der Waals surface area contributed by atoms with Crippen molar-refractivity contribution < 1.29 is 9.18 Å². The maximum atomic E-state index is 13.6. The summed E-state index contributed by atoms with van der Waals surface area (Å²) in [6, 6.07) is 7.25. The number of carbonyl (C=O) groups excluding carboxylic acids is 1. The van der Waals surface area contributed by atoms with Crippen LogP contribution in [0.3, 0.4) is 0 Å². The highest BCUT2D eigenvalue weighted by Crippen LogP contribution is 2.30. The van der Waals surface area contributed by atoms with E-state index in [1.165, 1.54) is 6.92 Å². The number of ketones is 1. The molecule has 0 unspecified atom stereocenters. The fraction of sp³-hybridized carbons (Fsp3) is 0.364.